The highest BCUT2D eigenvalue weighted by molar-refractivity contribution is 14.1. The van der Waals surface area contributed by atoms with Crippen LogP contribution in [0.25, 0.3) is 11.1 Å². The Morgan fingerprint density at radius 3 is 2.19 bits per heavy atom. The predicted octanol–water partition coefficient (Wildman–Crippen LogP) is 4.38. The number of hydrogen-bond donors (Lipinski definition) is 2. The van der Waals surface area contributed by atoms with Crippen molar-refractivity contribution in [3.05, 3.63) is 93.6 Å². The van der Waals surface area contributed by atoms with Crippen LogP contribution in [-0.2, 0) is 11.2 Å². The lowest BCUT2D eigenvalue weighted by Crippen LogP contribution is -2.42. The van der Waals surface area contributed by atoms with E-state index in [2.05, 4.69) is 27.9 Å². The first-order valence-electron chi connectivity index (χ1n) is 8.46. The number of benzene rings is 3. The number of carboxylic acid groups (broad SMARTS) is 1. The maximum atomic E-state index is 12.5. The van der Waals surface area contributed by atoms with E-state index >= 15 is 0 Å². The van der Waals surface area contributed by atoms with Crippen LogP contribution < -0.4 is 5.32 Å². The first kappa shape index (κ1) is 19.1. The molecule has 3 rings (SSSR count). The highest BCUT2D eigenvalue weighted by Crippen LogP contribution is 2.19. The smallest absolute Gasteiger partial charge is 0.326 e. The van der Waals surface area contributed by atoms with Gasteiger partial charge in [-0.25, -0.2) is 4.79 Å². The molecule has 1 amide bonds. The number of hydrogen-bond acceptors (Lipinski definition) is 2. The van der Waals surface area contributed by atoms with Crippen LogP contribution in [0.4, 0.5) is 0 Å². The van der Waals surface area contributed by atoms with Crippen LogP contribution in [-0.4, -0.2) is 23.0 Å². The van der Waals surface area contributed by atoms with Gasteiger partial charge in [-0.1, -0.05) is 54.6 Å². The second kappa shape index (κ2) is 8.81. The maximum absolute atomic E-state index is 12.5. The molecule has 2 N–H and O–H groups in total. The summed E-state index contributed by atoms with van der Waals surface area (Å²) in [5, 5.41) is 12.1. The molecule has 0 fully saturated rings. The first-order valence-corrected chi connectivity index (χ1v) is 9.54. The Kier molecular flexibility index (Phi) is 6.24. The van der Waals surface area contributed by atoms with Crippen LogP contribution in [0.15, 0.2) is 78.9 Å². The molecule has 0 aromatic heterocycles. The molecule has 4 nitrogen and oxygen atoms in total. The lowest BCUT2D eigenvalue weighted by Gasteiger charge is -2.15. The van der Waals surface area contributed by atoms with Crippen molar-refractivity contribution in [1.82, 2.24) is 5.32 Å². The van der Waals surface area contributed by atoms with Gasteiger partial charge in [-0.05, 0) is 63.5 Å². The molecular weight excluding hydrogens is 453 g/mol. The summed E-state index contributed by atoms with van der Waals surface area (Å²) in [6.45, 7) is 0. The fourth-order valence-corrected chi connectivity index (χ4v) is 3.39. The van der Waals surface area contributed by atoms with E-state index in [-0.39, 0.29) is 6.42 Å². The zero-order valence-electron chi connectivity index (χ0n) is 14.4. The van der Waals surface area contributed by atoms with Gasteiger partial charge in [0.2, 0.25) is 0 Å². The summed E-state index contributed by atoms with van der Waals surface area (Å²) in [5.41, 5.74) is 3.37. The van der Waals surface area contributed by atoms with Crippen LogP contribution in [0.3, 0.4) is 0 Å². The minimum Gasteiger partial charge on any atom is -0.480 e. The molecule has 27 heavy (non-hydrogen) atoms. The molecule has 0 heterocycles. The highest BCUT2D eigenvalue weighted by atomic mass is 127. The van der Waals surface area contributed by atoms with Crippen LogP contribution >= 0.6 is 22.6 Å². The summed E-state index contributed by atoms with van der Waals surface area (Å²) in [7, 11) is 0. The Balaban J connectivity index is 1.71. The van der Waals surface area contributed by atoms with Gasteiger partial charge in [0.1, 0.15) is 6.04 Å². The molecule has 136 valence electrons. The van der Waals surface area contributed by atoms with Gasteiger partial charge >= 0.3 is 5.97 Å². The zero-order valence-corrected chi connectivity index (χ0v) is 16.6. The third-order valence-electron chi connectivity index (χ3n) is 4.19. The molecule has 0 saturated carbocycles. The van der Waals surface area contributed by atoms with Crippen LogP contribution in [0, 0.1) is 3.57 Å². The summed E-state index contributed by atoms with van der Waals surface area (Å²) >= 11 is 2.18. The molecule has 0 aliphatic carbocycles. The standard InChI is InChI=1S/C22H18INO3/c23-19-8-4-5-15(13-19)14-20(22(26)27)24-21(25)18-11-9-17(10-12-18)16-6-2-1-3-7-16/h1-13,20H,14H2,(H,24,25)(H,26,27)/t20-/m1/s1. The number of aliphatic carboxylic acids is 1. The summed E-state index contributed by atoms with van der Waals surface area (Å²) < 4.78 is 1.03. The van der Waals surface area contributed by atoms with Crippen molar-refractivity contribution in [3.63, 3.8) is 0 Å². The summed E-state index contributed by atoms with van der Waals surface area (Å²) in [6, 6.07) is 23.6. The number of nitrogens with one attached hydrogen (secondary N) is 1. The van der Waals surface area contributed by atoms with Gasteiger partial charge in [0.15, 0.2) is 0 Å². The zero-order chi connectivity index (χ0) is 19.2. The van der Waals surface area contributed by atoms with E-state index in [1.54, 1.807) is 12.1 Å². The summed E-state index contributed by atoms with van der Waals surface area (Å²) in [5.74, 6) is -1.45. The Morgan fingerprint density at radius 2 is 1.56 bits per heavy atom. The molecule has 0 bridgehead atoms. The molecule has 5 heteroatoms. The summed E-state index contributed by atoms with van der Waals surface area (Å²) in [4.78, 5) is 24.1. The van der Waals surface area contributed by atoms with Crippen LogP contribution in [0.1, 0.15) is 15.9 Å². The Morgan fingerprint density at radius 1 is 0.889 bits per heavy atom. The largest absolute Gasteiger partial charge is 0.480 e. The Labute approximate surface area is 171 Å². The molecule has 0 radical (unpaired) electrons. The number of amides is 1. The molecule has 0 spiro atoms. The van der Waals surface area contributed by atoms with Crippen molar-refractivity contribution in [1.29, 1.82) is 0 Å². The van der Waals surface area contributed by atoms with E-state index in [0.29, 0.717) is 5.56 Å². The number of carbonyl (C=O) groups excluding carboxylic acids is 1. The molecule has 3 aromatic carbocycles. The third-order valence-corrected chi connectivity index (χ3v) is 4.86. The SMILES string of the molecule is O=C(N[C@H](Cc1cccc(I)c1)C(=O)O)c1ccc(-c2ccccc2)cc1. The number of rotatable bonds is 6. The Bertz CT molecular complexity index is 939. The molecule has 0 saturated heterocycles. The van der Waals surface area contributed by atoms with Gasteiger partial charge in [-0.3, -0.25) is 4.79 Å². The first-order chi connectivity index (χ1) is 13.0. The summed E-state index contributed by atoms with van der Waals surface area (Å²) in [6.07, 6.45) is 0.236. The fraction of sp³-hybridized carbons (Fsp3) is 0.0909. The Hall–Kier alpha value is -2.67. The van der Waals surface area contributed by atoms with Gasteiger partial charge in [-0.15, -0.1) is 0 Å². The van der Waals surface area contributed by atoms with Crippen molar-refractivity contribution < 1.29 is 14.7 Å². The second-order valence-electron chi connectivity index (χ2n) is 6.14. The second-order valence-corrected chi connectivity index (χ2v) is 7.39. The van der Waals surface area contributed by atoms with Crippen molar-refractivity contribution in [2.45, 2.75) is 12.5 Å². The van der Waals surface area contributed by atoms with Gasteiger partial charge < -0.3 is 10.4 Å². The van der Waals surface area contributed by atoms with Crippen molar-refractivity contribution in [2.75, 3.05) is 0 Å². The fourth-order valence-electron chi connectivity index (χ4n) is 2.79. The van der Waals surface area contributed by atoms with E-state index in [0.717, 1.165) is 20.3 Å². The molecule has 1 atom stereocenters. The number of carboxylic acids is 1. The van der Waals surface area contributed by atoms with Gasteiger partial charge in [0, 0.05) is 15.6 Å². The van der Waals surface area contributed by atoms with E-state index in [4.69, 9.17) is 0 Å². The van der Waals surface area contributed by atoms with Crippen LogP contribution in [0.2, 0.25) is 0 Å². The lowest BCUT2D eigenvalue weighted by atomic mass is 10.0. The molecule has 0 unspecified atom stereocenters. The predicted molar refractivity (Wildman–Crippen MR) is 114 cm³/mol. The average Bonchev–Trinajstić information content (AvgIpc) is 2.68. The molecule has 0 aliphatic rings. The van der Waals surface area contributed by atoms with Crippen LogP contribution in [0.5, 0.6) is 0 Å². The van der Waals surface area contributed by atoms with Crippen molar-refractivity contribution in [2.24, 2.45) is 0 Å². The minimum absolute atomic E-state index is 0.236. The van der Waals surface area contributed by atoms with Gasteiger partial charge in [-0.2, -0.15) is 0 Å². The average molecular weight is 471 g/mol. The van der Waals surface area contributed by atoms with Crippen molar-refractivity contribution in [3.8, 4) is 11.1 Å². The number of halogens is 1. The third kappa shape index (κ3) is 5.17. The van der Waals surface area contributed by atoms with E-state index < -0.39 is 17.9 Å². The molecule has 0 aliphatic heterocycles. The highest BCUT2D eigenvalue weighted by Gasteiger charge is 2.21. The number of carbonyl (C=O) groups is 2. The topological polar surface area (TPSA) is 66.4 Å². The lowest BCUT2D eigenvalue weighted by molar-refractivity contribution is -0.139. The molecular formula is C22H18INO3. The normalized spacial score (nSPS) is 11.6. The van der Waals surface area contributed by atoms with Gasteiger partial charge in [0.05, 0.1) is 0 Å². The van der Waals surface area contributed by atoms with E-state index in [9.17, 15) is 14.7 Å². The van der Waals surface area contributed by atoms with Gasteiger partial charge in [0.25, 0.3) is 5.91 Å². The minimum atomic E-state index is -1.05. The monoisotopic (exact) mass is 471 g/mol. The van der Waals surface area contributed by atoms with Crippen molar-refractivity contribution >= 4 is 34.5 Å². The maximum Gasteiger partial charge on any atom is 0.326 e. The molecule has 3 aromatic rings. The quantitative estimate of drug-likeness (QED) is 0.525. The van der Waals surface area contributed by atoms with E-state index in [1.807, 2.05) is 66.7 Å². The van der Waals surface area contributed by atoms with E-state index in [1.165, 1.54) is 0 Å².